The average molecular weight is 280 g/mol. The summed E-state index contributed by atoms with van der Waals surface area (Å²) in [5, 5.41) is 3.69. The van der Waals surface area contributed by atoms with Gasteiger partial charge in [0.15, 0.2) is 0 Å². The molecule has 1 saturated heterocycles. The molecule has 2 heterocycles. The molecule has 1 aromatic heterocycles. The number of hydrogen-bond donors (Lipinski definition) is 1. The molecule has 0 spiro atoms. The molecule has 1 N–H and O–H groups in total. The lowest BCUT2D eigenvalue weighted by atomic mass is 9.96. The van der Waals surface area contributed by atoms with Crippen LogP contribution in [0.15, 0.2) is 6.07 Å². The second kappa shape index (κ2) is 5.94. The van der Waals surface area contributed by atoms with E-state index in [0.29, 0.717) is 24.0 Å². The Bertz CT molecular complexity index is 424. The van der Waals surface area contributed by atoms with Gasteiger partial charge in [-0.25, -0.2) is 0 Å². The fourth-order valence-electron chi connectivity index (χ4n) is 3.14. The van der Waals surface area contributed by atoms with E-state index in [-0.39, 0.29) is 0 Å². The van der Waals surface area contributed by atoms with Gasteiger partial charge in [0, 0.05) is 41.0 Å². The van der Waals surface area contributed by atoms with Crippen LogP contribution in [0.2, 0.25) is 0 Å². The molecular weight excluding hydrogens is 252 g/mol. The smallest absolute Gasteiger partial charge is 0.0334 e. The van der Waals surface area contributed by atoms with Gasteiger partial charge in [-0.2, -0.15) is 0 Å². The maximum absolute atomic E-state index is 3.69. The minimum atomic E-state index is 0.531. The number of aryl methyl sites for hydroxylation is 2. The van der Waals surface area contributed by atoms with Crippen LogP contribution < -0.4 is 5.32 Å². The Morgan fingerprint density at radius 3 is 2.53 bits per heavy atom. The zero-order valence-electron chi connectivity index (χ0n) is 13.2. The molecule has 3 unspecified atom stereocenters. The van der Waals surface area contributed by atoms with Gasteiger partial charge in [-0.1, -0.05) is 13.8 Å². The van der Waals surface area contributed by atoms with E-state index < -0.39 is 0 Å². The summed E-state index contributed by atoms with van der Waals surface area (Å²) in [6.07, 6.45) is 0. The highest BCUT2D eigenvalue weighted by Crippen LogP contribution is 2.32. The summed E-state index contributed by atoms with van der Waals surface area (Å²) in [7, 11) is 0. The molecule has 108 valence electrons. The van der Waals surface area contributed by atoms with Crippen molar-refractivity contribution in [2.45, 2.75) is 59.7 Å². The molecule has 0 saturated carbocycles. The third kappa shape index (κ3) is 3.21. The highest BCUT2D eigenvalue weighted by atomic mass is 32.1. The molecule has 1 fully saturated rings. The molecule has 0 amide bonds. The maximum Gasteiger partial charge on any atom is 0.0334 e. The molecule has 3 atom stereocenters. The van der Waals surface area contributed by atoms with Gasteiger partial charge in [-0.3, -0.25) is 4.90 Å². The van der Waals surface area contributed by atoms with Gasteiger partial charge < -0.3 is 5.32 Å². The van der Waals surface area contributed by atoms with Crippen LogP contribution >= 0.6 is 11.3 Å². The van der Waals surface area contributed by atoms with Crippen LogP contribution in [0.25, 0.3) is 0 Å². The zero-order chi connectivity index (χ0) is 14.2. The summed E-state index contributed by atoms with van der Waals surface area (Å²) in [6, 6.07) is 4.15. The highest BCUT2D eigenvalue weighted by Gasteiger charge is 2.31. The lowest BCUT2D eigenvalue weighted by Gasteiger charge is -2.43. The molecule has 0 bridgehead atoms. The van der Waals surface area contributed by atoms with Crippen LogP contribution in [0, 0.1) is 19.8 Å². The molecule has 0 aromatic carbocycles. The van der Waals surface area contributed by atoms with Gasteiger partial charge in [-0.15, -0.1) is 11.3 Å². The summed E-state index contributed by atoms with van der Waals surface area (Å²) in [6.45, 7) is 16.1. The largest absolute Gasteiger partial charge is 0.311 e. The minimum Gasteiger partial charge on any atom is -0.311 e. The fourth-order valence-corrected chi connectivity index (χ4v) is 4.16. The van der Waals surface area contributed by atoms with Crippen LogP contribution in [0.3, 0.4) is 0 Å². The first-order valence-corrected chi connectivity index (χ1v) is 8.27. The molecule has 2 rings (SSSR count). The fraction of sp³-hybridized carbons (Fsp3) is 0.750. The van der Waals surface area contributed by atoms with Crippen molar-refractivity contribution in [3.63, 3.8) is 0 Å². The van der Waals surface area contributed by atoms with Crippen molar-refractivity contribution < 1.29 is 0 Å². The van der Waals surface area contributed by atoms with Crippen molar-refractivity contribution >= 4 is 11.3 Å². The summed E-state index contributed by atoms with van der Waals surface area (Å²) < 4.78 is 0. The predicted octanol–water partition coefficient (Wildman–Crippen LogP) is 3.74. The van der Waals surface area contributed by atoms with Crippen molar-refractivity contribution in [1.29, 1.82) is 0 Å². The first-order chi connectivity index (χ1) is 8.90. The molecular formula is C16H28N2S. The number of hydrogen-bond acceptors (Lipinski definition) is 3. The van der Waals surface area contributed by atoms with Crippen LogP contribution in [0.1, 0.15) is 49.1 Å². The maximum atomic E-state index is 3.69. The van der Waals surface area contributed by atoms with Crippen LogP contribution in [-0.4, -0.2) is 30.1 Å². The Labute approximate surface area is 122 Å². The van der Waals surface area contributed by atoms with E-state index in [1.807, 2.05) is 11.3 Å². The summed E-state index contributed by atoms with van der Waals surface area (Å²) in [4.78, 5) is 5.59. The first kappa shape index (κ1) is 15.0. The van der Waals surface area contributed by atoms with E-state index >= 15 is 0 Å². The van der Waals surface area contributed by atoms with E-state index in [0.717, 1.165) is 13.1 Å². The summed E-state index contributed by atoms with van der Waals surface area (Å²) in [5.41, 5.74) is 1.53. The number of nitrogens with zero attached hydrogens (tertiary/aromatic N) is 1. The van der Waals surface area contributed by atoms with Crippen molar-refractivity contribution in [1.82, 2.24) is 10.2 Å². The zero-order valence-corrected chi connectivity index (χ0v) is 14.0. The molecule has 19 heavy (non-hydrogen) atoms. The van der Waals surface area contributed by atoms with Crippen LogP contribution in [0.5, 0.6) is 0 Å². The van der Waals surface area contributed by atoms with Crippen molar-refractivity contribution in [3.8, 4) is 0 Å². The number of piperazine rings is 1. The first-order valence-electron chi connectivity index (χ1n) is 7.46. The Balaban J connectivity index is 2.16. The second-order valence-electron chi connectivity index (χ2n) is 6.35. The van der Waals surface area contributed by atoms with Gasteiger partial charge >= 0.3 is 0 Å². The monoisotopic (exact) mass is 280 g/mol. The quantitative estimate of drug-likeness (QED) is 0.907. The minimum absolute atomic E-state index is 0.531. The summed E-state index contributed by atoms with van der Waals surface area (Å²) >= 11 is 1.93. The van der Waals surface area contributed by atoms with Crippen LogP contribution in [-0.2, 0) is 0 Å². The van der Waals surface area contributed by atoms with E-state index in [9.17, 15) is 0 Å². The number of rotatable bonds is 3. The predicted molar refractivity (Wildman–Crippen MR) is 85.0 cm³/mol. The van der Waals surface area contributed by atoms with Crippen molar-refractivity contribution in [2.24, 2.45) is 5.92 Å². The van der Waals surface area contributed by atoms with Gasteiger partial charge in [-0.05, 0) is 45.2 Å². The Morgan fingerprint density at radius 2 is 2.00 bits per heavy atom. The number of thiophene rings is 1. The van der Waals surface area contributed by atoms with Gasteiger partial charge in [0.05, 0.1) is 0 Å². The third-order valence-electron chi connectivity index (χ3n) is 4.48. The van der Waals surface area contributed by atoms with E-state index in [1.165, 1.54) is 15.3 Å². The molecule has 1 aliphatic heterocycles. The standard InChI is InChI=1S/C16H28N2S/c1-10(2)16-9-18(11(3)8-17-16)13(5)15-7-12(4)19-14(15)6/h7,10-11,13,16-17H,8-9H2,1-6H3. The van der Waals surface area contributed by atoms with Gasteiger partial charge in [0.1, 0.15) is 0 Å². The topological polar surface area (TPSA) is 15.3 Å². The highest BCUT2D eigenvalue weighted by molar-refractivity contribution is 7.12. The average Bonchev–Trinajstić information content (AvgIpc) is 2.68. The third-order valence-corrected chi connectivity index (χ3v) is 5.46. The second-order valence-corrected chi connectivity index (χ2v) is 7.81. The van der Waals surface area contributed by atoms with E-state index in [4.69, 9.17) is 0 Å². The molecule has 1 aromatic rings. The Hall–Kier alpha value is -0.380. The lowest BCUT2D eigenvalue weighted by Crippen LogP contribution is -2.57. The molecule has 1 aliphatic rings. The van der Waals surface area contributed by atoms with Crippen LogP contribution in [0.4, 0.5) is 0 Å². The molecule has 0 aliphatic carbocycles. The molecule has 0 radical (unpaired) electrons. The Morgan fingerprint density at radius 1 is 1.32 bits per heavy atom. The summed E-state index contributed by atoms with van der Waals surface area (Å²) in [5.74, 6) is 0.701. The normalized spacial score (nSPS) is 26.9. The van der Waals surface area contributed by atoms with E-state index in [2.05, 4.69) is 57.8 Å². The SMILES string of the molecule is Cc1cc(C(C)N2CC(C(C)C)NCC2C)c(C)s1. The van der Waals surface area contributed by atoms with Gasteiger partial charge in [0.2, 0.25) is 0 Å². The lowest BCUT2D eigenvalue weighted by molar-refractivity contribution is 0.0851. The molecule has 3 heteroatoms. The van der Waals surface area contributed by atoms with E-state index in [1.54, 1.807) is 0 Å². The van der Waals surface area contributed by atoms with Crippen molar-refractivity contribution in [2.75, 3.05) is 13.1 Å². The molecule has 2 nitrogen and oxygen atoms in total. The number of nitrogens with one attached hydrogen (secondary N) is 1. The Kier molecular flexibility index (Phi) is 4.70. The van der Waals surface area contributed by atoms with Gasteiger partial charge in [0.25, 0.3) is 0 Å². The van der Waals surface area contributed by atoms with Crippen molar-refractivity contribution in [3.05, 3.63) is 21.4 Å².